The molecule has 8 nitrogen and oxygen atoms in total. The molecule has 0 bridgehead atoms. The Morgan fingerprint density at radius 3 is 0.952 bits per heavy atom. The number of carbonyl (C=O) groups is 1. The Labute approximate surface area is 525 Å². The summed E-state index contributed by atoms with van der Waals surface area (Å²) < 4.78 is 23.8. The largest absolute Gasteiger partial charge is 0.472 e. The standard InChI is InChI=1S/C75H149N2O6P/c1-6-8-10-12-14-16-18-20-22-24-26-28-30-32-33-34-35-36-37-38-39-40-41-42-43-45-47-49-51-53-55-57-59-61-63-65-67-69-75(79)76-73(72-83-84(80,81)82-71-70-77(3,4)5)74(78)68-66-64-62-60-58-56-54-52-50-48-46-44-31-29-27-25-23-21-19-17-15-13-11-9-7-2/h58,60,66,68,73-74,78H,6-57,59,61-65,67,69-72H2,1-5H3,(H-,76,79,80,81)/p+1/b60-58+,68-66+. The SMILES string of the molecule is CCCCCCCCCCCCCCCCCCCCC/C=C/CC/C=C/C(O)C(COP(=O)(O)OCC[N+](C)(C)C)NC(=O)CCCCCCCCCCCCCCCCCCCCCCCCCCCCCCCCCCCCCCC. The highest BCUT2D eigenvalue weighted by atomic mass is 31.2. The van der Waals surface area contributed by atoms with Crippen LogP contribution in [0.4, 0.5) is 0 Å². The number of hydrogen-bond acceptors (Lipinski definition) is 5. The number of aliphatic hydroxyl groups excluding tert-OH is 1. The minimum atomic E-state index is -4.36. The molecule has 0 aromatic carbocycles. The second-order valence-electron chi connectivity index (χ2n) is 27.4. The summed E-state index contributed by atoms with van der Waals surface area (Å²) in [6.45, 7) is 4.87. The van der Waals surface area contributed by atoms with Gasteiger partial charge in [0.15, 0.2) is 0 Å². The Bertz CT molecular complexity index is 1420. The van der Waals surface area contributed by atoms with Gasteiger partial charge in [0.05, 0.1) is 39.9 Å². The molecule has 0 saturated heterocycles. The molecular formula is C75H150N2O6P+. The van der Waals surface area contributed by atoms with E-state index in [4.69, 9.17) is 9.05 Å². The normalized spacial score (nSPS) is 13.7. The molecule has 0 aliphatic rings. The van der Waals surface area contributed by atoms with E-state index in [0.29, 0.717) is 17.4 Å². The third-order valence-corrected chi connectivity index (χ3v) is 18.7. The molecule has 0 spiro atoms. The van der Waals surface area contributed by atoms with Crippen LogP contribution in [-0.4, -0.2) is 73.4 Å². The highest BCUT2D eigenvalue weighted by Gasteiger charge is 2.28. The summed E-state index contributed by atoms with van der Waals surface area (Å²) >= 11 is 0. The van der Waals surface area contributed by atoms with Crippen molar-refractivity contribution >= 4 is 13.7 Å². The molecule has 0 heterocycles. The van der Waals surface area contributed by atoms with Crippen LogP contribution in [0.15, 0.2) is 24.3 Å². The van der Waals surface area contributed by atoms with Gasteiger partial charge in [-0.25, -0.2) is 4.57 Å². The fourth-order valence-corrected chi connectivity index (χ4v) is 12.6. The van der Waals surface area contributed by atoms with Crippen molar-refractivity contribution in [3.63, 3.8) is 0 Å². The van der Waals surface area contributed by atoms with E-state index in [-0.39, 0.29) is 19.1 Å². The van der Waals surface area contributed by atoms with Gasteiger partial charge >= 0.3 is 7.82 Å². The lowest BCUT2D eigenvalue weighted by molar-refractivity contribution is -0.870. The van der Waals surface area contributed by atoms with E-state index >= 15 is 0 Å². The van der Waals surface area contributed by atoms with Gasteiger partial charge in [-0.1, -0.05) is 385 Å². The van der Waals surface area contributed by atoms with Crippen LogP contribution in [0.3, 0.4) is 0 Å². The van der Waals surface area contributed by atoms with Crippen LogP contribution in [0.25, 0.3) is 0 Å². The summed E-state index contributed by atoms with van der Waals surface area (Å²) in [6.07, 6.45) is 88.0. The van der Waals surface area contributed by atoms with E-state index in [1.165, 1.54) is 340 Å². The maximum absolute atomic E-state index is 13.1. The van der Waals surface area contributed by atoms with Crippen LogP contribution in [0, 0.1) is 0 Å². The summed E-state index contributed by atoms with van der Waals surface area (Å²) in [4.78, 5) is 23.4. The molecule has 3 N–H and O–H groups in total. The van der Waals surface area contributed by atoms with Crippen molar-refractivity contribution in [3.05, 3.63) is 24.3 Å². The lowest BCUT2D eigenvalue weighted by Gasteiger charge is -2.25. The van der Waals surface area contributed by atoms with Gasteiger partial charge in [0.2, 0.25) is 5.91 Å². The molecule has 84 heavy (non-hydrogen) atoms. The Kier molecular flexibility index (Phi) is 65.6. The van der Waals surface area contributed by atoms with E-state index in [0.717, 1.165) is 38.5 Å². The van der Waals surface area contributed by atoms with Crippen molar-refractivity contribution in [2.75, 3.05) is 40.9 Å². The van der Waals surface area contributed by atoms with E-state index in [2.05, 4.69) is 31.3 Å². The zero-order chi connectivity index (χ0) is 61.2. The summed E-state index contributed by atoms with van der Waals surface area (Å²) in [5, 5.41) is 14.0. The number of amides is 1. The van der Waals surface area contributed by atoms with Crippen LogP contribution >= 0.6 is 7.82 Å². The first-order valence-corrected chi connectivity index (χ1v) is 39.2. The number of carbonyl (C=O) groups excluding carboxylic acids is 1. The first-order valence-electron chi connectivity index (χ1n) is 37.7. The Morgan fingerprint density at radius 2 is 0.655 bits per heavy atom. The van der Waals surface area contributed by atoms with Crippen molar-refractivity contribution in [1.29, 1.82) is 0 Å². The zero-order valence-electron chi connectivity index (χ0n) is 57.4. The predicted octanol–water partition coefficient (Wildman–Crippen LogP) is 24.2. The maximum Gasteiger partial charge on any atom is 0.472 e. The third-order valence-electron chi connectivity index (χ3n) is 17.7. The molecule has 0 fully saturated rings. The number of allylic oxidation sites excluding steroid dienone is 3. The van der Waals surface area contributed by atoms with E-state index in [1.807, 2.05) is 27.2 Å². The number of phosphoric acid groups is 1. The first kappa shape index (κ1) is 83.0. The fourth-order valence-electron chi connectivity index (χ4n) is 11.8. The highest BCUT2D eigenvalue weighted by Crippen LogP contribution is 2.43. The van der Waals surface area contributed by atoms with Crippen molar-refractivity contribution in [3.8, 4) is 0 Å². The molecule has 0 rings (SSSR count). The number of hydrogen-bond donors (Lipinski definition) is 3. The molecule has 0 aliphatic heterocycles. The van der Waals surface area contributed by atoms with Crippen LogP contribution in [0.5, 0.6) is 0 Å². The molecule has 0 saturated carbocycles. The molecule has 0 aromatic rings. The smallest absolute Gasteiger partial charge is 0.387 e. The van der Waals surface area contributed by atoms with Crippen molar-refractivity contribution in [1.82, 2.24) is 5.32 Å². The van der Waals surface area contributed by atoms with Crippen LogP contribution in [0.2, 0.25) is 0 Å². The number of aliphatic hydroxyl groups is 1. The topological polar surface area (TPSA) is 105 Å². The summed E-state index contributed by atoms with van der Waals surface area (Å²) in [7, 11) is 1.58. The number of likely N-dealkylation sites (N-methyl/N-ethyl adjacent to an activating group) is 1. The van der Waals surface area contributed by atoms with Gasteiger partial charge in [0, 0.05) is 6.42 Å². The van der Waals surface area contributed by atoms with Crippen molar-refractivity contribution in [2.24, 2.45) is 0 Å². The van der Waals surface area contributed by atoms with Gasteiger partial charge in [-0.15, -0.1) is 0 Å². The second kappa shape index (κ2) is 66.4. The lowest BCUT2D eigenvalue weighted by atomic mass is 10.0. The Hall–Kier alpha value is -1.02. The van der Waals surface area contributed by atoms with Gasteiger partial charge in [-0.2, -0.15) is 0 Å². The van der Waals surface area contributed by atoms with E-state index in [9.17, 15) is 19.4 Å². The van der Waals surface area contributed by atoms with Crippen molar-refractivity contribution in [2.45, 2.75) is 411 Å². The Morgan fingerprint density at radius 1 is 0.393 bits per heavy atom. The average molecular weight is 1210 g/mol. The summed E-state index contributed by atoms with van der Waals surface area (Å²) in [5.41, 5.74) is 0. The van der Waals surface area contributed by atoms with Crippen LogP contribution < -0.4 is 5.32 Å². The number of nitrogens with zero attached hydrogens (tertiary/aromatic N) is 1. The maximum atomic E-state index is 13.1. The molecule has 0 radical (unpaired) electrons. The molecule has 3 unspecified atom stereocenters. The van der Waals surface area contributed by atoms with Gasteiger partial charge < -0.3 is 19.8 Å². The van der Waals surface area contributed by atoms with Crippen molar-refractivity contribution < 1.29 is 32.9 Å². The molecule has 1 amide bonds. The first-order chi connectivity index (χ1) is 41.0. The zero-order valence-corrected chi connectivity index (χ0v) is 58.3. The third kappa shape index (κ3) is 68.5. The molecular weight excluding hydrogens is 1060 g/mol. The molecule has 9 heteroatoms. The number of quaternary nitrogens is 1. The van der Waals surface area contributed by atoms with Gasteiger partial charge in [0.25, 0.3) is 0 Å². The number of unbranched alkanes of at least 4 members (excludes halogenated alkanes) is 56. The predicted molar refractivity (Wildman–Crippen MR) is 369 cm³/mol. The minimum absolute atomic E-state index is 0.0591. The second-order valence-corrected chi connectivity index (χ2v) is 28.8. The van der Waals surface area contributed by atoms with E-state index < -0.39 is 20.0 Å². The molecule has 3 atom stereocenters. The number of rotatable bonds is 71. The molecule has 0 aliphatic carbocycles. The summed E-state index contributed by atoms with van der Waals surface area (Å²) in [6, 6.07) is -0.862. The molecule has 0 aromatic heterocycles. The Balaban J connectivity index is 3.96. The number of nitrogens with one attached hydrogen (secondary N) is 1. The van der Waals surface area contributed by atoms with Crippen LogP contribution in [0.1, 0.15) is 399 Å². The van der Waals surface area contributed by atoms with Crippen LogP contribution in [-0.2, 0) is 18.4 Å². The van der Waals surface area contributed by atoms with Gasteiger partial charge in [-0.05, 0) is 32.1 Å². The average Bonchev–Trinajstić information content (AvgIpc) is 3.56. The quantitative estimate of drug-likeness (QED) is 0.0243. The summed E-state index contributed by atoms with van der Waals surface area (Å²) in [5.74, 6) is -0.177. The monoisotopic (exact) mass is 1210 g/mol. The fraction of sp³-hybridized carbons (Fsp3) is 0.933. The molecule has 500 valence electrons. The van der Waals surface area contributed by atoms with Gasteiger partial charge in [-0.3, -0.25) is 13.8 Å². The van der Waals surface area contributed by atoms with E-state index in [1.54, 1.807) is 6.08 Å². The minimum Gasteiger partial charge on any atom is -0.387 e. The highest BCUT2D eigenvalue weighted by molar-refractivity contribution is 7.47. The number of phosphoric ester groups is 1. The van der Waals surface area contributed by atoms with Gasteiger partial charge in [0.1, 0.15) is 13.2 Å². The lowest BCUT2D eigenvalue weighted by Crippen LogP contribution is -2.45.